The molecule has 1 aromatic heterocycles. The summed E-state index contributed by atoms with van der Waals surface area (Å²) in [6.07, 6.45) is 0. The second-order valence-electron chi connectivity index (χ2n) is 7.08. The summed E-state index contributed by atoms with van der Waals surface area (Å²) in [5.74, 6) is -0.0255. The van der Waals surface area contributed by atoms with Gasteiger partial charge in [-0.05, 0) is 61.9 Å². The van der Waals surface area contributed by atoms with Crippen LogP contribution in [0.15, 0.2) is 77.2 Å². The molecule has 0 aliphatic rings. The maximum Gasteiger partial charge on any atom is 0.269 e. The Balaban J connectivity index is 1.40. The molecule has 0 atom stereocenters. The van der Waals surface area contributed by atoms with E-state index < -0.39 is 5.91 Å². The van der Waals surface area contributed by atoms with Crippen LogP contribution in [0.3, 0.4) is 0 Å². The Kier molecular flexibility index (Phi) is 5.57. The molecule has 1 heterocycles. The Labute approximate surface area is 179 Å². The summed E-state index contributed by atoms with van der Waals surface area (Å²) < 4.78 is 5.72. The summed E-state index contributed by atoms with van der Waals surface area (Å²) in [6.45, 7) is 3.81. The molecule has 3 aromatic carbocycles. The quantitative estimate of drug-likeness (QED) is 0.492. The summed E-state index contributed by atoms with van der Waals surface area (Å²) in [7, 11) is 0. The molecule has 0 aliphatic heterocycles. The molecular weight excluding hydrogens is 392 g/mol. The molecule has 0 unspecified atom stereocenters. The average Bonchev–Trinajstić information content (AvgIpc) is 3.28. The van der Waals surface area contributed by atoms with Crippen LogP contribution in [0.4, 0.5) is 0 Å². The van der Waals surface area contributed by atoms with E-state index in [0.717, 1.165) is 16.7 Å². The van der Waals surface area contributed by atoms with E-state index in [1.807, 2.05) is 56.3 Å². The molecule has 0 saturated carbocycles. The lowest BCUT2D eigenvalue weighted by atomic mass is 10.1. The maximum atomic E-state index is 12.4. The third kappa shape index (κ3) is 4.51. The second kappa shape index (κ2) is 8.62. The van der Waals surface area contributed by atoms with E-state index >= 15 is 0 Å². The molecule has 7 heteroatoms. The van der Waals surface area contributed by atoms with Gasteiger partial charge in [0.15, 0.2) is 0 Å². The SMILES string of the molecule is Cc1ccc(C(=O)NNC(=O)c2ccc(-c3nnc(-c4ccccc4)o3)cc2)c(C)c1. The third-order valence-electron chi connectivity index (χ3n) is 4.76. The van der Waals surface area contributed by atoms with Gasteiger partial charge in [0.2, 0.25) is 11.8 Å². The molecule has 2 amide bonds. The highest BCUT2D eigenvalue weighted by Gasteiger charge is 2.13. The van der Waals surface area contributed by atoms with Crippen molar-refractivity contribution in [3.63, 3.8) is 0 Å². The van der Waals surface area contributed by atoms with Crippen LogP contribution in [-0.4, -0.2) is 22.0 Å². The standard InChI is InChI=1S/C24H20N4O3/c1-15-8-13-20(16(2)14-15)22(30)26-25-21(29)17-9-11-19(12-10-17)24-28-27-23(31-24)18-6-4-3-5-7-18/h3-14H,1-2H3,(H,25,29)(H,26,30). The van der Waals surface area contributed by atoms with Gasteiger partial charge in [0, 0.05) is 22.3 Å². The van der Waals surface area contributed by atoms with E-state index in [2.05, 4.69) is 21.0 Å². The first-order valence-corrected chi connectivity index (χ1v) is 9.68. The van der Waals surface area contributed by atoms with Gasteiger partial charge in [-0.25, -0.2) is 0 Å². The van der Waals surface area contributed by atoms with Crippen LogP contribution < -0.4 is 10.9 Å². The zero-order valence-corrected chi connectivity index (χ0v) is 17.0. The fourth-order valence-electron chi connectivity index (χ4n) is 3.12. The van der Waals surface area contributed by atoms with Gasteiger partial charge in [-0.1, -0.05) is 35.9 Å². The number of amides is 2. The number of benzene rings is 3. The molecule has 4 aromatic rings. The zero-order valence-electron chi connectivity index (χ0n) is 17.0. The Bertz CT molecular complexity index is 1230. The number of aryl methyl sites for hydroxylation is 2. The highest BCUT2D eigenvalue weighted by atomic mass is 16.4. The Morgan fingerprint density at radius 1 is 0.742 bits per heavy atom. The van der Waals surface area contributed by atoms with Crippen LogP contribution in [0.25, 0.3) is 22.9 Å². The summed E-state index contributed by atoms with van der Waals surface area (Å²) in [4.78, 5) is 24.7. The van der Waals surface area contributed by atoms with E-state index in [1.54, 1.807) is 30.3 Å². The topological polar surface area (TPSA) is 97.1 Å². The third-order valence-corrected chi connectivity index (χ3v) is 4.76. The van der Waals surface area contributed by atoms with Crippen molar-refractivity contribution in [3.8, 4) is 22.9 Å². The molecule has 4 rings (SSSR count). The molecule has 0 saturated heterocycles. The number of nitrogens with one attached hydrogen (secondary N) is 2. The lowest BCUT2D eigenvalue weighted by molar-refractivity contribution is 0.0846. The van der Waals surface area contributed by atoms with Gasteiger partial charge in [-0.2, -0.15) is 0 Å². The summed E-state index contributed by atoms with van der Waals surface area (Å²) in [6, 6.07) is 21.6. The lowest BCUT2D eigenvalue weighted by Gasteiger charge is -2.10. The predicted octanol–water partition coefficient (Wildman–Crippen LogP) is 4.10. The summed E-state index contributed by atoms with van der Waals surface area (Å²) in [5, 5.41) is 8.14. The van der Waals surface area contributed by atoms with Crippen LogP contribution in [-0.2, 0) is 0 Å². The summed E-state index contributed by atoms with van der Waals surface area (Å²) >= 11 is 0. The molecule has 0 radical (unpaired) electrons. The smallest absolute Gasteiger partial charge is 0.269 e. The number of aromatic nitrogens is 2. The largest absolute Gasteiger partial charge is 0.416 e. The van der Waals surface area contributed by atoms with Gasteiger partial charge >= 0.3 is 0 Å². The van der Waals surface area contributed by atoms with Gasteiger partial charge < -0.3 is 4.42 Å². The molecule has 0 fully saturated rings. The minimum Gasteiger partial charge on any atom is -0.416 e. The van der Waals surface area contributed by atoms with Gasteiger partial charge in [0.05, 0.1) is 0 Å². The van der Waals surface area contributed by atoms with Crippen molar-refractivity contribution in [3.05, 3.63) is 95.1 Å². The first-order chi connectivity index (χ1) is 15.0. The molecule has 0 bridgehead atoms. The van der Waals surface area contributed by atoms with Crippen molar-refractivity contribution in [1.82, 2.24) is 21.0 Å². The van der Waals surface area contributed by atoms with E-state index in [0.29, 0.717) is 28.5 Å². The van der Waals surface area contributed by atoms with Crippen LogP contribution in [0.1, 0.15) is 31.8 Å². The fourth-order valence-corrected chi connectivity index (χ4v) is 3.12. The lowest BCUT2D eigenvalue weighted by Crippen LogP contribution is -2.41. The Morgan fingerprint density at radius 3 is 2.00 bits per heavy atom. The first kappa shape index (κ1) is 20.0. The van der Waals surface area contributed by atoms with Crippen LogP contribution in [0.2, 0.25) is 0 Å². The average molecular weight is 412 g/mol. The minimum absolute atomic E-state index is 0.356. The Morgan fingerprint density at radius 2 is 1.35 bits per heavy atom. The monoisotopic (exact) mass is 412 g/mol. The van der Waals surface area contributed by atoms with E-state index in [-0.39, 0.29) is 5.91 Å². The van der Waals surface area contributed by atoms with E-state index in [1.165, 1.54) is 0 Å². The fraction of sp³-hybridized carbons (Fsp3) is 0.0833. The number of hydrogen-bond donors (Lipinski definition) is 2. The van der Waals surface area contributed by atoms with Crippen LogP contribution >= 0.6 is 0 Å². The van der Waals surface area contributed by atoms with Gasteiger partial charge in [0.25, 0.3) is 11.8 Å². The minimum atomic E-state index is -0.430. The van der Waals surface area contributed by atoms with E-state index in [9.17, 15) is 9.59 Å². The number of nitrogens with zero attached hydrogens (tertiary/aromatic N) is 2. The van der Waals surface area contributed by atoms with Crippen molar-refractivity contribution in [1.29, 1.82) is 0 Å². The zero-order chi connectivity index (χ0) is 21.8. The van der Waals surface area contributed by atoms with Crippen LogP contribution in [0, 0.1) is 13.8 Å². The normalized spacial score (nSPS) is 10.5. The van der Waals surface area contributed by atoms with Crippen molar-refractivity contribution < 1.29 is 14.0 Å². The number of hydrogen-bond acceptors (Lipinski definition) is 5. The van der Waals surface area contributed by atoms with Crippen molar-refractivity contribution in [2.75, 3.05) is 0 Å². The molecule has 2 N–H and O–H groups in total. The first-order valence-electron chi connectivity index (χ1n) is 9.68. The van der Waals surface area contributed by atoms with Crippen LogP contribution in [0.5, 0.6) is 0 Å². The van der Waals surface area contributed by atoms with Gasteiger partial charge in [-0.3, -0.25) is 20.4 Å². The van der Waals surface area contributed by atoms with Crippen molar-refractivity contribution >= 4 is 11.8 Å². The van der Waals surface area contributed by atoms with Crippen molar-refractivity contribution in [2.24, 2.45) is 0 Å². The molecule has 0 spiro atoms. The van der Waals surface area contributed by atoms with Gasteiger partial charge in [-0.15, -0.1) is 10.2 Å². The highest BCUT2D eigenvalue weighted by Crippen LogP contribution is 2.23. The number of rotatable bonds is 4. The summed E-state index contributed by atoms with van der Waals surface area (Å²) in [5.41, 5.74) is 9.19. The number of carbonyl (C=O) groups excluding carboxylic acids is 2. The van der Waals surface area contributed by atoms with E-state index in [4.69, 9.17) is 4.42 Å². The number of hydrazine groups is 1. The molecule has 154 valence electrons. The maximum absolute atomic E-state index is 12.4. The predicted molar refractivity (Wildman–Crippen MR) is 116 cm³/mol. The van der Waals surface area contributed by atoms with Crippen molar-refractivity contribution in [2.45, 2.75) is 13.8 Å². The molecular formula is C24H20N4O3. The van der Waals surface area contributed by atoms with Gasteiger partial charge in [0.1, 0.15) is 0 Å². The molecule has 7 nitrogen and oxygen atoms in total. The second-order valence-corrected chi connectivity index (χ2v) is 7.08. The number of carbonyl (C=O) groups is 2. The Hall–Kier alpha value is -4.26. The molecule has 0 aliphatic carbocycles. The molecule has 31 heavy (non-hydrogen) atoms. The highest BCUT2D eigenvalue weighted by molar-refractivity contribution is 5.99.